The van der Waals surface area contributed by atoms with E-state index >= 15 is 0 Å². The summed E-state index contributed by atoms with van der Waals surface area (Å²) in [6.07, 6.45) is 4.74. The van der Waals surface area contributed by atoms with Crippen LogP contribution < -0.4 is 5.32 Å². The van der Waals surface area contributed by atoms with Gasteiger partial charge in [-0.3, -0.25) is 14.6 Å². The van der Waals surface area contributed by atoms with Crippen molar-refractivity contribution in [2.24, 2.45) is 0 Å². The van der Waals surface area contributed by atoms with Crippen molar-refractivity contribution in [2.45, 2.75) is 44.2 Å². The molecule has 0 aromatic heterocycles. The van der Waals surface area contributed by atoms with Crippen molar-refractivity contribution in [2.75, 3.05) is 32.8 Å². The number of carbonyl (C=O) groups excluding carboxylic acids is 2. The van der Waals surface area contributed by atoms with E-state index in [0.29, 0.717) is 6.67 Å². The monoisotopic (exact) mass is 390 g/mol. The first-order valence-electron chi connectivity index (χ1n) is 9.89. The minimum Gasteiger partial charge on any atom is -0.323 e. The van der Waals surface area contributed by atoms with Crippen molar-refractivity contribution in [3.05, 3.63) is 34.9 Å². The summed E-state index contributed by atoms with van der Waals surface area (Å²) in [5, 5.41) is 3.76. The molecule has 1 aliphatic carbocycles. The van der Waals surface area contributed by atoms with Crippen LogP contribution in [-0.2, 0) is 11.3 Å². The van der Waals surface area contributed by atoms with Crippen LogP contribution in [-0.4, -0.2) is 65.0 Å². The van der Waals surface area contributed by atoms with Gasteiger partial charge < -0.3 is 5.32 Å². The second kappa shape index (κ2) is 7.78. The molecule has 0 radical (unpaired) electrons. The standard InChI is InChI=1S/C20H27ClN4O2/c21-17-6-4-5-16(13-17)14-23-9-11-24(12-10-23)15-25-18(26)20(22-19(25)27)7-2-1-3-8-20/h4-6,13H,1-3,7-12,14-15H2,(H,22,27). The van der Waals surface area contributed by atoms with E-state index < -0.39 is 5.54 Å². The highest BCUT2D eigenvalue weighted by atomic mass is 35.5. The van der Waals surface area contributed by atoms with Crippen LogP contribution in [0.1, 0.15) is 37.7 Å². The lowest BCUT2D eigenvalue weighted by molar-refractivity contribution is -0.134. The fourth-order valence-electron chi connectivity index (χ4n) is 4.48. The molecule has 3 fully saturated rings. The van der Waals surface area contributed by atoms with Gasteiger partial charge >= 0.3 is 6.03 Å². The molecule has 3 aliphatic rings. The van der Waals surface area contributed by atoms with Gasteiger partial charge in [0.25, 0.3) is 5.91 Å². The average Bonchev–Trinajstić information content (AvgIpc) is 2.88. The quantitative estimate of drug-likeness (QED) is 0.803. The Morgan fingerprint density at radius 3 is 2.41 bits per heavy atom. The number of amides is 3. The number of nitrogens with zero attached hydrogens (tertiary/aromatic N) is 3. The van der Waals surface area contributed by atoms with Crippen LogP contribution in [0.5, 0.6) is 0 Å². The van der Waals surface area contributed by atoms with Gasteiger partial charge in [-0.1, -0.05) is 43.0 Å². The lowest BCUT2D eigenvalue weighted by Gasteiger charge is -2.36. The molecular weight excluding hydrogens is 364 g/mol. The lowest BCUT2D eigenvalue weighted by atomic mass is 9.82. The summed E-state index contributed by atoms with van der Waals surface area (Å²) in [4.78, 5) is 31.3. The fraction of sp³-hybridized carbons (Fsp3) is 0.600. The molecule has 27 heavy (non-hydrogen) atoms. The van der Waals surface area contributed by atoms with Crippen LogP contribution in [0.2, 0.25) is 5.02 Å². The third-order valence-electron chi connectivity index (χ3n) is 6.05. The van der Waals surface area contributed by atoms with Crippen molar-refractivity contribution < 1.29 is 9.59 Å². The topological polar surface area (TPSA) is 55.9 Å². The molecule has 1 N–H and O–H groups in total. The van der Waals surface area contributed by atoms with Crippen LogP contribution in [0, 0.1) is 0 Å². The zero-order chi connectivity index (χ0) is 18.9. The van der Waals surface area contributed by atoms with Gasteiger partial charge in [0.05, 0.1) is 6.67 Å². The fourth-order valence-corrected chi connectivity index (χ4v) is 4.69. The summed E-state index contributed by atoms with van der Waals surface area (Å²) in [7, 11) is 0. The Kier molecular flexibility index (Phi) is 5.39. The second-order valence-electron chi connectivity index (χ2n) is 7.97. The van der Waals surface area contributed by atoms with Gasteiger partial charge in [-0.05, 0) is 30.5 Å². The number of urea groups is 1. The number of carbonyl (C=O) groups is 2. The molecule has 4 rings (SSSR count). The highest BCUT2D eigenvalue weighted by Gasteiger charge is 2.51. The van der Waals surface area contributed by atoms with Crippen LogP contribution in [0.25, 0.3) is 0 Å². The average molecular weight is 391 g/mol. The molecule has 0 bridgehead atoms. The van der Waals surface area contributed by atoms with Crippen LogP contribution in [0.15, 0.2) is 24.3 Å². The van der Waals surface area contributed by atoms with Crippen molar-refractivity contribution in [3.63, 3.8) is 0 Å². The maximum atomic E-state index is 12.9. The minimum absolute atomic E-state index is 0.0199. The molecule has 6 nitrogen and oxygen atoms in total. The van der Waals surface area contributed by atoms with Crippen molar-refractivity contribution in [3.8, 4) is 0 Å². The van der Waals surface area contributed by atoms with Crippen molar-refractivity contribution >= 4 is 23.5 Å². The Balaban J connectivity index is 1.30. The first kappa shape index (κ1) is 18.7. The maximum Gasteiger partial charge on any atom is 0.326 e. The maximum absolute atomic E-state index is 12.9. The Hall–Kier alpha value is -1.63. The molecule has 1 spiro atoms. The molecule has 1 aromatic rings. The van der Waals surface area contributed by atoms with Gasteiger partial charge in [0.15, 0.2) is 0 Å². The Morgan fingerprint density at radius 1 is 1.00 bits per heavy atom. The molecular formula is C20H27ClN4O2. The van der Waals surface area contributed by atoms with Gasteiger partial charge in [-0.25, -0.2) is 9.69 Å². The van der Waals surface area contributed by atoms with E-state index in [9.17, 15) is 9.59 Å². The Morgan fingerprint density at radius 2 is 1.70 bits per heavy atom. The molecule has 2 saturated heterocycles. The van der Waals surface area contributed by atoms with Crippen LogP contribution >= 0.6 is 11.6 Å². The molecule has 2 heterocycles. The van der Waals surface area contributed by atoms with E-state index in [-0.39, 0.29) is 11.9 Å². The van der Waals surface area contributed by atoms with Gasteiger partial charge in [0, 0.05) is 37.7 Å². The van der Waals surface area contributed by atoms with Crippen LogP contribution in [0.3, 0.4) is 0 Å². The molecule has 3 amide bonds. The lowest BCUT2D eigenvalue weighted by Crippen LogP contribution is -2.52. The number of halogens is 1. The first-order chi connectivity index (χ1) is 13.1. The number of nitrogens with one attached hydrogen (secondary N) is 1. The molecule has 146 valence electrons. The molecule has 1 aromatic carbocycles. The summed E-state index contributed by atoms with van der Waals surface area (Å²) in [5.74, 6) is -0.0199. The molecule has 0 atom stereocenters. The van der Waals surface area contributed by atoms with E-state index in [2.05, 4.69) is 21.2 Å². The van der Waals surface area contributed by atoms with Gasteiger partial charge in [0.1, 0.15) is 5.54 Å². The summed E-state index contributed by atoms with van der Waals surface area (Å²) >= 11 is 6.07. The third-order valence-corrected chi connectivity index (χ3v) is 6.29. The minimum atomic E-state index is -0.621. The predicted octanol–water partition coefficient (Wildman–Crippen LogP) is 2.67. The summed E-state index contributed by atoms with van der Waals surface area (Å²) in [6, 6.07) is 7.75. The van der Waals surface area contributed by atoms with E-state index in [0.717, 1.165) is 69.9 Å². The summed E-state index contributed by atoms with van der Waals surface area (Å²) in [5.41, 5.74) is 0.591. The highest BCUT2D eigenvalue weighted by Crippen LogP contribution is 2.33. The van der Waals surface area contributed by atoms with Crippen LogP contribution in [0.4, 0.5) is 4.79 Å². The Bertz CT molecular complexity index is 712. The summed E-state index contributed by atoms with van der Waals surface area (Å²) < 4.78 is 0. The molecule has 1 saturated carbocycles. The van der Waals surface area contributed by atoms with E-state index in [4.69, 9.17) is 11.6 Å². The third kappa shape index (κ3) is 3.98. The largest absolute Gasteiger partial charge is 0.326 e. The number of rotatable bonds is 4. The van der Waals surface area contributed by atoms with Crippen molar-refractivity contribution in [1.29, 1.82) is 0 Å². The van der Waals surface area contributed by atoms with E-state index in [1.807, 2.05) is 18.2 Å². The zero-order valence-electron chi connectivity index (χ0n) is 15.6. The van der Waals surface area contributed by atoms with Gasteiger partial charge in [-0.2, -0.15) is 0 Å². The highest BCUT2D eigenvalue weighted by molar-refractivity contribution is 6.30. The van der Waals surface area contributed by atoms with E-state index in [1.165, 1.54) is 10.5 Å². The van der Waals surface area contributed by atoms with Crippen molar-refractivity contribution in [1.82, 2.24) is 20.0 Å². The Labute approximate surface area is 165 Å². The molecule has 0 unspecified atom stereocenters. The van der Waals surface area contributed by atoms with E-state index in [1.54, 1.807) is 0 Å². The number of piperazine rings is 1. The number of benzene rings is 1. The van der Waals surface area contributed by atoms with Gasteiger partial charge in [0.2, 0.25) is 0 Å². The predicted molar refractivity (Wildman–Crippen MR) is 104 cm³/mol. The SMILES string of the molecule is O=C1NC2(CCCCC2)C(=O)N1CN1CCN(Cc2cccc(Cl)c2)CC1. The second-order valence-corrected chi connectivity index (χ2v) is 8.41. The van der Waals surface area contributed by atoms with Gasteiger partial charge in [-0.15, -0.1) is 0 Å². The summed E-state index contributed by atoms with van der Waals surface area (Å²) in [6.45, 7) is 4.82. The zero-order valence-corrected chi connectivity index (χ0v) is 16.4. The normalized spacial score (nSPS) is 23.8. The number of imide groups is 1. The number of hydrogen-bond acceptors (Lipinski definition) is 4. The smallest absolute Gasteiger partial charge is 0.323 e. The number of hydrogen-bond donors (Lipinski definition) is 1. The first-order valence-corrected chi connectivity index (χ1v) is 10.3. The molecule has 2 aliphatic heterocycles. The molecule has 7 heteroatoms.